The van der Waals surface area contributed by atoms with Gasteiger partial charge in [-0.25, -0.2) is 4.79 Å². The number of carbonyl (C=O) groups excluding carboxylic acids is 1. The number of hydrogen-bond donors (Lipinski definition) is 1. The van der Waals surface area contributed by atoms with Crippen molar-refractivity contribution in [2.24, 2.45) is 5.92 Å². The Morgan fingerprint density at radius 2 is 2.04 bits per heavy atom. The monoisotopic (exact) mass is 395 g/mol. The van der Waals surface area contributed by atoms with Gasteiger partial charge in [-0.05, 0) is 30.5 Å². The number of ether oxygens (including phenoxy) is 2. The molecule has 2 rings (SSSR count). The van der Waals surface area contributed by atoms with Gasteiger partial charge >= 0.3 is 5.97 Å². The van der Waals surface area contributed by atoms with Crippen LogP contribution < -0.4 is 9.47 Å². The van der Waals surface area contributed by atoms with Gasteiger partial charge in [0, 0.05) is 11.6 Å². The van der Waals surface area contributed by atoms with Crippen molar-refractivity contribution in [3.05, 3.63) is 28.7 Å². The van der Waals surface area contributed by atoms with E-state index in [2.05, 4.69) is 0 Å². The third-order valence-corrected chi connectivity index (χ3v) is 5.17. The number of thiocarbonyl (C=S) groups is 1. The largest absolute Gasteiger partial charge is 0.497 e. The second kappa shape index (κ2) is 8.55. The Bertz CT molecular complexity index is 760. The lowest BCUT2D eigenvalue weighted by Gasteiger charge is -2.24. The standard InChI is InChI=1S/C18H21NO5S2/c1-10(2)7-13(17(21)22)19-16(20)15(26-18(19)25)8-11-5-6-12(23-3)9-14(11)24-4/h5-6,8-10,13H,7H2,1-4H3,(H,21,22)/b15-8-. The zero-order chi connectivity index (χ0) is 19.4. The summed E-state index contributed by atoms with van der Waals surface area (Å²) < 4.78 is 10.8. The highest BCUT2D eigenvalue weighted by Crippen LogP contribution is 2.37. The minimum atomic E-state index is -1.06. The number of carbonyl (C=O) groups is 2. The van der Waals surface area contributed by atoms with Crippen LogP contribution in [-0.2, 0) is 9.59 Å². The van der Waals surface area contributed by atoms with Crippen LogP contribution >= 0.6 is 24.0 Å². The molecule has 0 aliphatic carbocycles. The van der Waals surface area contributed by atoms with Crippen LogP contribution in [0.4, 0.5) is 0 Å². The highest BCUT2D eigenvalue weighted by molar-refractivity contribution is 8.26. The average molecular weight is 396 g/mol. The summed E-state index contributed by atoms with van der Waals surface area (Å²) in [7, 11) is 3.08. The van der Waals surface area contributed by atoms with Crippen molar-refractivity contribution in [3.8, 4) is 11.5 Å². The minimum absolute atomic E-state index is 0.117. The lowest BCUT2D eigenvalue weighted by molar-refractivity contribution is -0.145. The molecular formula is C18H21NO5S2. The van der Waals surface area contributed by atoms with Crippen LogP contribution in [0.1, 0.15) is 25.8 Å². The maximum absolute atomic E-state index is 12.8. The number of amides is 1. The van der Waals surface area contributed by atoms with E-state index in [4.69, 9.17) is 21.7 Å². The summed E-state index contributed by atoms with van der Waals surface area (Å²) in [4.78, 5) is 26.0. The minimum Gasteiger partial charge on any atom is -0.497 e. The first-order valence-electron chi connectivity index (χ1n) is 8.00. The summed E-state index contributed by atoms with van der Waals surface area (Å²) in [6.07, 6.45) is 1.99. The highest BCUT2D eigenvalue weighted by atomic mass is 32.2. The summed E-state index contributed by atoms with van der Waals surface area (Å²) in [5, 5.41) is 9.52. The second-order valence-corrected chi connectivity index (χ2v) is 7.82. The first-order valence-corrected chi connectivity index (χ1v) is 9.22. The molecule has 1 fully saturated rings. The first-order chi connectivity index (χ1) is 12.3. The number of thioether (sulfide) groups is 1. The zero-order valence-corrected chi connectivity index (χ0v) is 16.6. The molecule has 8 heteroatoms. The van der Waals surface area contributed by atoms with Crippen LogP contribution in [0.3, 0.4) is 0 Å². The SMILES string of the molecule is COc1ccc(/C=C2\SC(=S)N(C(CC(C)C)C(=O)O)C2=O)c(OC)c1. The molecule has 1 saturated heterocycles. The van der Waals surface area contributed by atoms with Crippen LogP contribution in [0.25, 0.3) is 6.08 Å². The van der Waals surface area contributed by atoms with E-state index in [1.807, 2.05) is 13.8 Å². The highest BCUT2D eigenvalue weighted by Gasteiger charge is 2.40. The topological polar surface area (TPSA) is 76.1 Å². The van der Waals surface area contributed by atoms with Crippen LogP contribution in [0.15, 0.2) is 23.1 Å². The first kappa shape index (κ1) is 20.3. The molecule has 0 bridgehead atoms. The van der Waals surface area contributed by atoms with Gasteiger partial charge in [0.05, 0.1) is 19.1 Å². The molecule has 1 aromatic carbocycles. The predicted octanol–water partition coefficient (Wildman–Crippen LogP) is 3.40. The molecule has 6 nitrogen and oxygen atoms in total. The Morgan fingerprint density at radius 1 is 1.35 bits per heavy atom. The number of carboxylic acid groups (broad SMARTS) is 1. The molecule has 1 aromatic rings. The van der Waals surface area contributed by atoms with Gasteiger partial charge in [0.1, 0.15) is 21.9 Å². The fraction of sp³-hybridized carbons (Fsp3) is 0.389. The summed E-state index contributed by atoms with van der Waals surface area (Å²) in [5.74, 6) is -0.156. The Balaban J connectivity index is 2.36. The van der Waals surface area contributed by atoms with Crippen molar-refractivity contribution >= 4 is 46.3 Å². The summed E-state index contributed by atoms with van der Waals surface area (Å²) in [6.45, 7) is 3.82. The van der Waals surface area contributed by atoms with Crippen molar-refractivity contribution in [2.45, 2.75) is 26.3 Å². The van der Waals surface area contributed by atoms with E-state index in [1.54, 1.807) is 31.4 Å². The fourth-order valence-corrected chi connectivity index (χ4v) is 3.94. The van der Waals surface area contributed by atoms with Gasteiger partial charge < -0.3 is 14.6 Å². The maximum Gasteiger partial charge on any atom is 0.326 e. The molecule has 1 unspecified atom stereocenters. The van der Waals surface area contributed by atoms with Crippen molar-refractivity contribution < 1.29 is 24.2 Å². The number of rotatable bonds is 7. The summed E-state index contributed by atoms with van der Waals surface area (Å²) in [6, 6.07) is 4.28. The van der Waals surface area contributed by atoms with Crippen molar-refractivity contribution in [3.63, 3.8) is 0 Å². The van der Waals surface area contributed by atoms with Gasteiger partial charge in [-0.1, -0.05) is 37.8 Å². The van der Waals surface area contributed by atoms with Crippen LogP contribution in [0, 0.1) is 5.92 Å². The third kappa shape index (κ3) is 4.37. The van der Waals surface area contributed by atoms with Gasteiger partial charge in [0.2, 0.25) is 0 Å². The number of nitrogens with zero attached hydrogens (tertiary/aromatic N) is 1. The Labute approximate surface area is 162 Å². The van der Waals surface area contributed by atoms with Crippen molar-refractivity contribution in [1.82, 2.24) is 4.90 Å². The van der Waals surface area contributed by atoms with E-state index < -0.39 is 17.9 Å². The fourth-order valence-electron chi connectivity index (χ4n) is 2.59. The van der Waals surface area contributed by atoms with Crippen LogP contribution in [-0.4, -0.2) is 46.5 Å². The summed E-state index contributed by atoms with van der Waals surface area (Å²) >= 11 is 6.37. The molecule has 1 aliphatic heterocycles. The van der Waals surface area contributed by atoms with E-state index in [-0.39, 0.29) is 10.2 Å². The quantitative estimate of drug-likeness (QED) is 0.560. The van der Waals surface area contributed by atoms with Gasteiger partial charge in [0.25, 0.3) is 5.91 Å². The number of benzene rings is 1. The van der Waals surface area contributed by atoms with E-state index in [9.17, 15) is 14.7 Å². The van der Waals surface area contributed by atoms with E-state index >= 15 is 0 Å². The molecule has 1 amide bonds. The molecule has 0 saturated carbocycles. The third-order valence-electron chi connectivity index (χ3n) is 3.84. The molecule has 0 spiro atoms. The Morgan fingerprint density at radius 3 is 2.58 bits per heavy atom. The number of aliphatic carboxylic acids is 1. The van der Waals surface area contributed by atoms with E-state index in [0.717, 1.165) is 11.8 Å². The lowest BCUT2D eigenvalue weighted by atomic mass is 10.0. The number of carboxylic acids is 1. The molecule has 26 heavy (non-hydrogen) atoms. The van der Waals surface area contributed by atoms with Gasteiger partial charge in [-0.3, -0.25) is 9.69 Å². The van der Waals surface area contributed by atoms with Crippen molar-refractivity contribution in [1.29, 1.82) is 0 Å². The van der Waals surface area contributed by atoms with Gasteiger partial charge in [-0.2, -0.15) is 0 Å². The van der Waals surface area contributed by atoms with E-state index in [1.165, 1.54) is 12.0 Å². The molecule has 1 aliphatic rings. The Hall–Kier alpha value is -2.06. The number of methoxy groups -OCH3 is 2. The Kier molecular flexibility index (Phi) is 6.66. The van der Waals surface area contributed by atoms with Crippen molar-refractivity contribution in [2.75, 3.05) is 14.2 Å². The maximum atomic E-state index is 12.8. The summed E-state index contributed by atoms with van der Waals surface area (Å²) in [5.41, 5.74) is 0.685. The van der Waals surface area contributed by atoms with Crippen LogP contribution in [0.5, 0.6) is 11.5 Å². The molecule has 1 heterocycles. The normalized spacial score (nSPS) is 17.1. The molecule has 0 radical (unpaired) electrons. The van der Waals surface area contributed by atoms with Gasteiger partial charge in [-0.15, -0.1) is 0 Å². The molecule has 1 N–H and O–H groups in total. The second-order valence-electron chi connectivity index (χ2n) is 6.14. The van der Waals surface area contributed by atoms with Crippen LogP contribution in [0.2, 0.25) is 0 Å². The molecule has 1 atom stereocenters. The zero-order valence-electron chi connectivity index (χ0n) is 15.0. The predicted molar refractivity (Wildman–Crippen MR) is 105 cm³/mol. The smallest absolute Gasteiger partial charge is 0.326 e. The lowest BCUT2D eigenvalue weighted by Crippen LogP contribution is -2.44. The molecular weight excluding hydrogens is 374 g/mol. The average Bonchev–Trinajstić information content (AvgIpc) is 2.86. The van der Waals surface area contributed by atoms with Gasteiger partial charge in [0.15, 0.2) is 0 Å². The van der Waals surface area contributed by atoms with E-state index in [0.29, 0.717) is 28.4 Å². The molecule has 140 valence electrons. The number of hydrogen-bond acceptors (Lipinski definition) is 6. The molecule has 0 aromatic heterocycles.